The molecule has 0 N–H and O–H groups in total. The average Bonchev–Trinajstić information content (AvgIpc) is 3.55. The molecular formula is C65H65BN2. The molecule has 2 aliphatic heterocycles. The molecular weight excluding hydrogens is 820 g/mol. The van der Waals surface area contributed by atoms with Crippen molar-refractivity contribution in [2.24, 2.45) is 0 Å². The summed E-state index contributed by atoms with van der Waals surface area (Å²) < 4.78 is 0. The number of anilines is 6. The van der Waals surface area contributed by atoms with E-state index in [2.05, 4.69) is 257 Å². The Morgan fingerprint density at radius 1 is 0.412 bits per heavy atom. The minimum atomic E-state index is -0.136. The first-order chi connectivity index (χ1) is 32.4. The summed E-state index contributed by atoms with van der Waals surface area (Å²) in [6.07, 6.45) is 0. The molecule has 0 atom stereocenters. The average molecular weight is 885 g/mol. The van der Waals surface area contributed by atoms with Gasteiger partial charge in [0.2, 0.25) is 0 Å². The third kappa shape index (κ3) is 6.90. The van der Waals surface area contributed by atoms with E-state index < -0.39 is 0 Å². The van der Waals surface area contributed by atoms with Crippen molar-refractivity contribution in [1.29, 1.82) is 0 Å². The minimum Gasteiger partial charge on any atom is -0.311 e. The van der Waals surface area contributed by atoms with E-state index in [9.17, 15) is 0 Å². The maximum Gasteiger partial charge on any atom is 0.252 e. The number of rotatable bonds is 6. The van der Waals surface area contributed by atoms with Crippen LogP contribution in [-0.4, -0.2) is 6.71 Å². The lowest BCUT2D eigenvalue weighted by Crippen LogP contribution is -2.61. The van der Waals surface area contributed by atoms with Crippen LogP contribution < -0.4 is 26.2 Å². The summed E-state index contributed by atoms with van der Waals surface area (Å²) in [6, 6.07) is 63.4. The zero-order valence-electron chi connectivity index (χ0n) is 42.2. The molecule has 8 aromatic carbocycles. The Morgan fingerprint density at radius 2 is 0.926 bits per heavy atom. The number of fused-ring (bicyclic) bond motifs is 7. The van der Waals surface area contributed by atoms with Gasteiger partial charge in [-0.3, -0.25) is 0 Å². The molecule has 3 heteroatoms. The molecule has 0 spiro atoms. The van der Waals surface area contributed by atoms with Crippen molar-refractivity contribution in [3.05, 3.63) is 197 Å². The lowest BCUT2D eigenvalue weighted by atomic mass is 9.33. The second kappa shape index (κ2) is 15.7. The molecule has 0 amide bonds. The molecule has 11 rings (SSSR count). The van der Waals surface area contributed by atoms with Crippen molar-refractivity contribution in [3.8, 4) is 33.4 Å². The van der Waals surface area contributed by atoms with E-state index in [4.69, 9.17) is 0 Å². The van der Waals surface area contributed by atoms with Crippen molar-refractivity contribution in [3.63, 3.8) is 0 Å². The minimum absolute atomic E-state index is 0.000913. The molecule has 2 heterocycles. The van der Waals surface area contributed by atoms with Gasteiger partial charge in [-0.25, -0.2) is 0 Å². The molecule has 0 fully saturated rings. The van der Waals surface area contributed by atoms with E-state index in [0.717, 1.165) is 5.69 Å². The molecule has 0 unspecified atom stereocenters. The molecule has 0 saturated heterocycles. The first-order valence-electron chi connectivity index (χ1n) is 25.0. The number of hydrogen-bond donors (Lipinski definition) is 0. The van der Waals surface area contributed by atoms with Crippen LogP contribution in [0.2, 0.25) is 0 Å². The Hall–Kier alpha value is -6.58. The van der Waals surface area contributed by atoms with Crippen molar-refractivity contribution in [1.82, 2.24) is 0 Å². The zero-order valence-corrected chi connectivity index (χ0v) is 42.2. The maximum absolute atomic E-state index is 2.64. The highest BCUT2D eigenvalue weighted by Gasteiger charge is 2.45. The van der Waals surface area contributed by atoms with Crippen molar-refractivity contribution in [2.75, 3.05) is 9.80 Å². The predicted molar refractivity (Wildman–Crippen MR) is 294 cm³/mol. The molecule has 0 aromatic heterocycles. The highest BCUT2D eigenvalue weighted by molar-refractivity contribution is 7.00. The molecule has 3 aliphatic rings. The Morgan fingerprint density at radius 3 is 1.54 bits per heavy atom. The van der Waals surface area contributed by atoms with E-state index in [-0.39, 0.29) is 23.0 Å². The highest BCUT2D eigenvalue weighted by Crippen LogP contribution is 2.52. The highest BCUT2D eigenvalue weighted by atomic mass is 15.2. The van der Waals surface area contributed by atoms with E-state index in [1.165, 1.54) is 112 Å². The van der Waals surface area contributed by atoms with Crippen molar-refractivity contribution < 1.29 is 0 Å². The topological polar surface area (TPSA) is 6.48 Å². The van der Waals surface area contributed by atoms with Gasteiger partial charge in [-0.1, -0.05) is 198 Å². The Labute approximate surface area is 406 Å². The third-order valence-electron chi connectivity index (χ3n) is 15.5. The second-order valence-corrected chi connectivity index (χ2v) is 23.0. The van der Waals surface area contributed by atoms with Gasteiger partial charge in [0.25, 0.3) is 6.71 Å². The van der Waals surface area contributed by atoms with Gasteiger partial charge in [-0.05, 0) is 154 Å². The quantitative estimate of drug-likeness (QED) is 0.154. The van der Waals surface area contributed by atoms with Gasteiger partial charge in [0.1, 0.15) is 0 Å². The Balaban J connectivity index is 1.21. The van der Waals surface area contributed by atoms with E-state index in [1.54, 1.807) is 0 Å². The molecule has 0 saturated carbocycles. The first-order valence-corrected chi connectivity index (χ1v) is 25.0. The van der Waals surface area contributed by atoms with Crippen LogP contribution in [0.3, 0.4) is 0 Å². The van der Waals surface area contributed by atoms with Gasteiger partial charge in [0.15, 0.2) is 0 Å². The summed E-state index contributed by atoms with van der Waals surface area (Å²) in [4.78, 5) is 5.23. The van der Waals surface area contributed by atoms with Crippen LogP contribution in [0.25, 0.3) is 33.4 Å². The van der Waals surface area contributed by atoms with Gasteiger partial charge in [0, 0.05) is 39.5 Å². The van der Waals surface area contributed by atoms with Gasteiger partial charge >= 0.3 is 0 Å². The maximum atomic E-state index is 2.64. The van der Waals surface area contributed by atoms with Crippen molar-refractivity contribution in [2.45, 2.75) is 111 Å². The fourth-order valence-corrected chi connectivity index (χ4v) is 11.8. The molecule has 2 nitrogen and oxygen atoms in total. The number of hydrogen-bond acceptors (Lipinski definition) is 2. The standard InChI is InChI=1S/C65H65BN2/c1-40(2)48-19-13-15-21-50(48)42-25-29-46(30-26-42)67-58-34-27-43(51-22-16-14-20-49(51)41(3)4)35-57(58)66-56-33-28-44(63(5,6)7)36-59(56)68(61-38-45(64(8,9)10)37-60(67)62(61)66)47-31-32-53-52-23-17-18-24-54(52)65(11,12)55(53)39-47/h13-41H,1-12H3. The molecule has 0 radical (unpaired) electrons. The molecule has 68 heavy (non-hydrogen) atoms. The van der Waals surface area contributed by atoms with E-state index >= 15 is 0 Å². The second-order valence-electron chi connectivity index (χ2n) is 23.0. The number of benzene rings is 8. The summed E-state index contributed by atoms with van der Waals surface area (Å²) in [5.74, 6) is 0.821. The monoisotopic (exact) mass is 885 g/mol. The van der Waals surface area contributed by atoms with Crippen LogP contribution in [-0.2, 0) is 16.2 Å². The Bertz CT molecular complexity index is 3300. The zero-order chi connectivity index (χ0) is 47.6. The smallest absolute Gasteiger partial charge is 0.252 e. The van der Waals surface area contributed by atoms with Crippen molar-refractivity contribution >= 4 is 57.2 Å². The molecule has 1 aliphatic carbocycles. The van der Waals surface area contributed by atoms with Crippen LogP contribution in [0.1, 0.15) is 128 Å². The SMILES string of the molecule is CC(C)c1ccccc1-c1ccc(N2c3ccc(-c4ccccc4C(C)C)cc3B3c4ccc(C(C)(C)C)cc4N(c4ccc5c(c4)C(C)(C)c4ccccc4-5)c4cc(C(C)(C)C)cc2c43)cc1. The normalized spacial score (nSPS) is 14.5. The molecule has 8 aromatic rings. The van der Waals surface area contributed by atoms with Gasteiger partial charge in [0.05, 0.1) is 0 Å². The summed E-state index contributed by atoms with van der Waals surface area (Å²) in [5, 5.41) is 0. The summed E-state index contributed by atoms with van der Waals surface area (Å²) in [5.41, 5.74) is 27.1. The summed E-state index contributed by atoms with van der Waals surface area (Å²) in [7, 11) is 0. The van der Waals surface area contributed by atoms with Crippen LogP contribution in [0.15, 0.2) is 164 Å². The van der Waals surface area contributed by atoms with E-state index in [1.807, 2.05) is 0 Å². The van der Waals surface area contributed by atoms with Crippen LogP contribution in [0, 0.1) is 0 Å². The van der Waals surface area contributed by atoms with Crippen LogP contribution >= 0.6 is 0 Å². The molecule has 338 valence electrons. The van der Waals surface area contributed by atoms with E-state index in [0.29, 0.717) is 11.8 Å². The summed E-state index contributed by atoms with van der Waals surface area (Å²) in [6.45, 7) is 28.2. The van der Waals surface area contributed by atoms with Gasteiger partial charge in [-0.2, -0.15) is 0 Å². The lowest BCUT2D eigenvalue weighted by Gasteiger charge is -2.45. The fourth-order valence-electron chi connectivity index (χ4n) is 11.8. The third-order valence-corrected chi connectivity index (χ3v) is 15.5. The first kappa shape index (κ1) is 44.0. The van der Waals surface area contributed by atoms with Gasteiger partial charge in [-0.15, -0.1) is 0 Å². The lowest BCUT2D eigenvalue weighted by molar-refractivity contribution is 0.590. The van der Waals surface area contributed by atoms with Crippen LogP contribution in [0.5, 0.6) is 0 Å². The Kier molecular flexibility index (Phi) is 10.2. The number of nitrogens with zero attached hydrogens (tertiary/aromatic N) is 2. The molecule has 0 bridgehead atoms. The summed E-state index contributed by atoms with van der Waals surface area (Å²) >= 11 is 0. The fraction of sp³-hybridized carbons (Fsp3) is 0.262. The van der Waals surface area contributed by atoms with Gasteiger partial charge < -0.3 is 9.80 Å². The largest absolute Gasteiger partial charge is 0.311 e. The predicted octanol–water partition coefficient (Wildman–Crippen LogP) is 16.3. The van der Waals surface area contributed by atoms with Crippen LogP contribution in [0.4, 0.5) is 34.1 Å².